The molecule has 0 N–H and O–H groups in total. The van der Waals surface area contributed by atoms with Crippen molar-refractivity contribution in [3.05, 3.63) is 222 Å². The van der Waals surface area contributed by atoms with Crippen LogP contribution in [0.4, 0.5) is 17.1 Å². The highest BCUT2D eigenvalue weighted by atomic mass is 15.1. The zero-order valence-electron chi connectivity index (χ0n) is 30.8. The Morgan fingerprint density at radius 3 is 1.25 bits per heavy atom. The van der Waals surface area contributed by atoms with E-state index in [1.807, 2.05) is 0 Å². The first-order chi connectivity index (χ1) is 27.2. The largest absolute Gasteiger partial charge is 0.310 e. The standard InChI is InChI=1S/C54H41N/c1-3-15-38(16-4-1)39-27-29-41(30-28-39)55(52-26-14-10-19-43(52)40-17-5-2-6-18-40)42-31-32-47-46-22-9-13-25-50(46)54(51(47)37-42)35-33-53(34-36-54)48-23-11-7-20-44(48)45-21-8-12-24-49(45)53/h1-32,37H,33-36H2. The molecule has 1 fully saturated rings. The summed E-state index contributed by atoms with van der Waals surface area (Å²) in [5.41, 5.74) is 20.0. The number of fused-ring (bicyclic) bond motifs is 10. The van der Waals surface area contributed by atoms with Crippen molar-refractivity contribution < 1.29 is 0 Å². The Hall–Kier alpha value is -6.44. The molecule has 0 saturated heterocycles. The van der Waals surface area contributed by atoms with Crippen LogP contribution >= 0.6 is 0 Å². The minimum Gasteiger partial charge on any atom is -0.310 e. The Balaban J connectivity index is 1.06. The van der Waals surface area contributed by atoms with Crippen LogP contribution < -0.4 is 4.90 Å². The molecule has 8 aromatic carbocycles. The van der Waals surface area contributed by atoms with E-state index in [1.54, 1.807) is 0 Å². The molecule has 0 amide bonds. The topological polar surface area (TPSA) is 3.24 Å². The summed E-state index contributed by atoms with van der Waals surface area (Å²) in [5, 5.41) is 0. The van der Waals surface area contributed by atoms with E-state index in [0.29, 0.717) is 0 Å². The van der Waals surface area contributed by atoms with Crippen LogP contribution in [0.5, 0.6) is 0 Å². The van der Waals surface area contributed by atoms with Crippen molar-refractivity contribution in [3.63, 3.8) is 0 Å². The Labute approximate surface area is 324 Å². The van der Waals surface area contributed by atoms with Crippen molar-refractivity contribution in [2.24, 2.45) is 0 Å². The summed E-state index contributed by atoms with van der Waals surface area (Å²) in [6.45, 7) is 0. The Bertz CT molecular complexity index is 2650. The van der Waals surface area contributed by atoms with E-state index in [2.05, 4.69) is 205 Å². The highest BCUT2D eigenvalue weighted by Crippen LogP contribution is 2.64. The molecule has 1 heteroatoms. The van der Waals surface area contributed by atoms with Crippen molar-refractivity contribution >= 4 is 17.1 Å². The number of hydrogen-bond acceptors (Lipinski definition) is 1. The minimum absolute atomic E-state index is 0.0505. The molecular formula is C54H41N. The number of benzene rings is 8. The summed E-state index contributed by atoms with van der Waals surface area (Å²) in [7, 11) is 0. The fraction of sp³-hybridized carbons (Fsp3) is 0.111. The van der Waals surface area contributed by atoms with Crippen molar-refractivity contribution in [2.75, 3.05) is 4.90 Å². The smallest absolute Gasteiger partial charge is 0.0540 e. The number of anilines is 3. The molecule has 0 radical (unpaired) electrons. The van der Waals surface area contributed by atoms with Gasteiger partial charge < -0.3 is 4.90 Å². The molecule has 55 heavy (non-hydrogen) atoms. The van der Waals surface area contributed by atoms with Gasteiger partial charge in [-0.15, -0.1) is 0 Å². The zero-order valence-corrected chi connectivity index (χ0v) is 30.8. The van der Waals surface area contributed by atoms with Gasteiger partial charge in [0.15, 0.2) is 0 Å². The van der Waals surface area contributed by atoms with E-state index in [-0.39, 0.29) is 10.8 Å². The first-order valence-electron chi connectivity index (χ1n) is 19.8. The summed E-state index contributed by atoms with van der Waals surface area (Å²) in [6, 6.07) is 74.5. The molecule has 1 nitrogen and oxygen atoms in total. The van der Waals surface area contributed by atoms with Crippen LogP contribution in [0.15, 0.2) is 200 Å². The van der Waals surface area contributed by atoms with Crippen LogP contribution in [0.25, 0.3) is 44.5 Å². The minimum atomic E-state index is -0.0541. The summed E-state index contributed by atoms with van der Waals surface area (Å²) in [4.78, 5) is 2.49. The highest BCUT2D eigenvalue weighted by molar-refractivity contribution is 5.91. The van der Waals surface area contributed by atoms with E-state index in [0.717, 1.165) is 31.4 Å². The summed E-state index contributed by atoms with van der Waals surface area (Å²) >= 11 is 0. The second-order valence-corrected chi connectivity index (χ2v) is 15.7. The summed E-state index contributed by atoms with van der Waals surface area (Å²) < 4.78 is 0. The van der Waals surface area contributed by atoms with E-state index < -0.39 is 0 Å². The van der Waals surface area contributed by atoms with Crippen LogP contribution in [-0.4, -0.2) is 0 Å². The average Bonchev–Trinajstić information content (AvgIpc) is 3.69. The second-order valence-electron chi connectivity index (χ2n) is 15.7. The number of rotatable bonds is 5. The molecule has 262 valence electrons. The lowest BCUT2D eigenvalue weighted by Gasteiger charge is -2.45. The van der Waals surface area contributed by atoms with E-state index in [1.165, 1.54) is 78.1 Å². The maximum Gasteiger partial charge on any atom is 0.0540 e. The van der Waals surface area contributed by atoms with Crippen LogP contribution in [0.3, 0.4) is 0 Å². The van der Waals surface area contributed by atoms with Gasteiger partial charge in [0, 0.05) is 27.8 Å². The number of hydrogen-bond donors (Lipinski definition) is 0. The van der Waals surface area contributed by atoms with Gasteiger partial charge in [-0.2, -0.15) is 0 Å². The van der Waals surface area contributed by atoms with Gasteiger partial charge in [0.25, 0.3) is 0 Å². The van der Waals surface area contributed by atoms with Gasteiger partial charge >= 0.3 is 0 Å². The Kier molecular flexibility index (Phi) is 7.32. The third-order valence-electron chi connectivity index (χ3n) is 13.1. The van der Waals surface area contributed by atoms with Crippen molar-refractivity contribution in [1.29, 1.82) is 0 Å². The van der Waals surface area contributed by atoms with E-state index in [9.17, 15) is 0 Å². The fourth-order valence-corrected chi connectivity index (χ4v) is 10.6. The van der Waals surface area contributed by atoms with Gasteiger partial charge in [-0.25, -0.2) is 0 Å². The van der Waals surface area contributed by atoms with Gasteiger partial charge in [-0.1, -0.05) is 170 Å². The average molecular weight is 704 g/mol. The molecule has 0 heterocycles. The maximum absolute atomic E-state index is 2.55. The van der Waals surface area contributed by atoms with Crippen molar-refractivity contribution in [3.8, 4) is 44.5 Å². The predicted molar refractivity (Wildman–Crippen MR) is 229 cm³/mol. The third kappa shape index (κ3) is 4.86. The highest BCUT2D eigenvalue weighted by Gasteiger charge is 2.53. The SMILES string of the molecule is c1ccc(-c2ccc(N(c3ccc4c(c3)C3(CCC5(CC3)c3ccccc3-c3ccccc35)c3ccccc3-4)c3ccccc3-c3ccccc3)cc2)cc1. The monoisotopic (exact) mass is 703 g/mol. The zero-order chi connectivity index (χ0) is 36.4. The number of nitrogens with zero attached hydrogens (tertiary/aromatic N) is 1. The van der Waals surface area contributed by atoms with Gasteiger partial charge in [0.2, 0.25) is 0 Å². The van der Waals surface area contributed by atoms with Crippen LogP contribution in [0.1, 0.15) is 47.9 Å². The lowest BCUT2D eigenvalue weighted by Crippen LogP contribution is -2.39. The first kappa shape index (κ1) is 32.0. The third-order valence-corrected chi connectivity index (χ3v) is 13.1. The Morgan fingerprint density at radius 1 is 0.291 bits per heavy atom. The lowest BCUT2D eigenvalue weighted by molar-refractivity contribution is 0.265. The molecule has 0 unspecified atom stereocenters. The quantitative estimate of drug-likeness (QED) is 0.172. The van der Waals surface area contributed by atoms with Gasteiger partial charge in [0.1, 0.15) is 0 Å². The molecule has 2 spiro atoms. The van der Waals surface area contributed by atoms with Crippen LogP contribution in [0, 0.1) is 0 Å². The molecular weight excluding hydrogens is 663 g/mol. The number of para-hydroxylation sites is 1. The molecule has 0 atom stereocenters. The van der Waals surface area contributed by atoms with Crippen molar-refractivity contribution in [1.82, 2.24) is 0 Å². The van der Waals surface area contributed by atoms with E-state index in [4.69, 9.17) is 0 Å². The molecule has 8 aromatic rings. The molecule has 3 aliphatic carbocycles. The molecule has 3 aliphatic rings. The second kappa shape index (κ2) is 12.6. The van der Waals surface area contributed by atoms with Crippen LogP contribution in [0.2, 0.25) is 0 Å². The van der Waals surface area contributed by atoms with Gasteiger partial charge in [0.05, 0.1) is 5.69 Å². The first-order valence-corrected chi connectivity index (χ1v) is 19.8. The Morgan fingerprint density at radius 2 is 0.691 bits per heavy atom. The molecule has 1 saturated carbocycles. The molecule has 11 rings (SSSR count). The summed E-state index contributed by atoms with van der Waals surface area (Å²) in [5.74, 6) is 0. The fourth-order valence-electron chi connectivity index (χ4n) is 10.6. The maximum atomic E-state index is 2.55. The van der Waals surface area contributed by atoms with Gasteiger partial charge in [-0.3, -0.25) is 0 Å². The van der Waals surface area contributed by atoms with Gasteiger partial charge in [-0.05, 0) is 117 Å². The van der Waals surface area contributed by atoms with E-state index >= 15 is 0 Å². The molecule has 0 bridgehead atoms. The summed E-state index contributed by atoms with van der Waals surface area (Å²) in [6.07, 6.45) is 4.46. The van der Waals surface area contributed by atoms with Crippen LogP contribution in [-0.2, 0) is 10.8 Å². The molecule has 0 aromatic heterocycles. The lowest BCUT2D eigenvalue weighted by atomic mass is 9.57. The molecule has 0 aliphatic heterocycles. The normalized spacial score (nSPS) is 15.3. The van der Waals surface area contributed by atoms with Crippen molar-refractivity contribution in [2.45, 2.75) is 36.5 Å². The predicted octanol–water partition coefficient (Wildman–Crippen LogP) is 14.3.